The van der Waals surface area contributed by atoms with E-state index in [0.29, 0.717) is 10.3 Å². The summed E-state index contributed by atoms with van der Waals surface area (Å²) in [6.45, 7) is 1.84. The Kier molecular flexibility index (Phi) is 4.86. The first-order chi connectivity index (χ1) is 9.99. The van der Waals surface area contributed by atoms with Crippen LogP contribution in [0.1, 0.15) is 18.5 Å². The number of ether oxygens (including phenoxy) is 1. The van der Waals surface area contributed by atoms with Crippen molar-refractivity contribution >= 4 is 44.8 Å². The number of hydrogen-bond donors (Lipinski definition) is 2. The first-order valence-corrected chi connectivity index (χ1v) is 7.74. The van der Waals surface area contributed by atoms with Crippen molar-refractivity contribution in [3.05, 3.63) is 11.1 Å². The Hall–Kier alpha value is -2.00. The van der Waals surface area contributed by atoms with Gasteiger partial charge in [0, 0.05) is 11.8 Å². The van der Waals surface area contributed by atoms with Crippen LogP contribution in [0.2, 0.25) is 0 Å². The quantitative estimate of drug-likeness (QED) is 0.814. The van der Waals surface area contributed by atoms with Crippen LogP contribution in [0.15, 0.2) is 5.38 Å². The predicted octanol–water partition coefficient (Wildman–Crippen LogP) is 2.05. The van der Waals surface area contributed by atoms with Gasteiger partial charge in [0.15, 0.2) is 10.3 Å². The molecule has 9 heteroatoms. The van der Waals surface area contributed by atoms with E-state index >= 15 is 0 Å². The van der Waals surface area contributed by atoms with Gasteiger partial charge in [-0.3, -0.25) is 9.59 Å². The molecule has 0 unspecified atom stereocenters. The highest BCUT2D eigenvalue weighted by Crippen LogP contribution is 2.33. The van der Waals surface area contributed by atoms with E-state index in [-0.39, 0.29) is 18.7 Å². The average molecular weight is 326 g/mol. The third-order valence-electron chi connectivity index (χ3n) is 2.58. The van der Waals surface area contributed by atoms with E-state index in [2.05, 4.69) is 20.0 Å². The minimum atomic E-state index is -0.417. The summed E-state index contributed by atoms with van der Waals surface area (Å²) in [6, 6.07) is 0. The van der Waals surface area contributed by atoms with Crippen molar-refractivity contribution in [3.8, 4) is 10.6 Å². The first-order valence-electron chi connectivity index (χ1n) is 6.05. The van der Waals surface area contributed by atoms with Crippen LogP contribution in [-0.4, -0.2) is 29.0 Å². The number of thiazole rings is 2. The monoisotopic (exact) mass is 326 g/mol. The number of anilines is 2. The SMILES string of the molecule is COC(=O)CCC(=O)Nc1nc(C)c(-c2csc(N)n2)s1. The highest BCUT2D eigenvalue weighted by atomic mass is 32.1. The van der Waals surface area contributed by atoms with E-state index in [1.807, 2.05) is 12.3 Å². The number of aryl methyl sites for hydroxylation is 1. The van der Waals surface area contributed by atoms with Crippen molar-refractivity contribution in [1.82, 2.24) is 9.97 Å². The number of nitrogens with zero attached hydrogens (tertiary/aromatic N) is 2. The van der Waals surface area contributed by atoms with Crippen molar-refractivity contribution in [1.29, 1.82) is 0 Å². The molecule has 2 aromatic heterocycles. The summed E-state index contributed by atoms with van der Waals surface area (Å²) in [5.41, 5.74) is 7.14. The van der Waals surface area contributed by atoms with Gasteiger partial charge in [-0.1, -0.05) is 11.3 Å². The van der Waals surface area contributed by atoms with E-state index in [1.165, 1.54) is 29.8 Å². The number of amides is 1. The van der Waals surface area contributed by atoms with Gasteiger partial charge < -0.3 is 15.8 Å². The molecule has 0 saturated carbocycles. The standard InChI is InChI=1S/C12H14N4O3S2/c1-6-10(7-5-20-11(13)15-7)21-12(14-6)16-8(17)3-4-9(18)19-2/h5H,3-4H2,1-2H3,(H2,13,15)(H,14,16,17). The molecule has 0 fully saturated rings. The molecule has 0 aliphatic carbocycles. The lowest BCUT2D eigenvalue weighted by atomic mass is 10.3. The molecule has 21 heavy (non-hydrogen) atoms. The van der Waals surface area contributed by atoms with E-state index in [1.54, 1.807) is 0 Å². The van der Waals surface area contributed by atoms with Crippen LogP contribution in [0.5, 0.6) is 0 Å². The molecule has 0 aliphatic rings. The third kappa shape index (κ3) is 3.99. The lowest BCUT2D eigenvalue weighted by Crippen LogP contribution is -2.13. The van der Waals surface area contributed by atoms with Gasteiger partial charge >= 0.3 is 5.97 Å². The Bertz CT molecular complexity index is 665. The average Bonchev–Trinajstić information content (AvgIpc) is 3.02. The van der Waals surface area contributed by atoms with Gasteiger partial charge in [0.1, 0.15) is 0 Å². The molecule has 0 aromatic carbocycles. The molecule has 3 N–H and O–H groups in total. The number of nitrogens with two attached hydrogens (primary N) is 1. The van der Waals surface area contributed by atoms with Crippen molar-refractivity contribution < 1.29 is 14.3 Å². The first kappa shape index (κ1) is 15.4. The van der Waals surface area contributed by atoms with E-state index in [4.69, 9.17) is 5.73 Å². The second kappa shape index (κ2) is 6.64. The minimum absolute atomic E-state index is 0.0438. The van der Waals surface area contributed by atoms with E-state index < -0.39 is 5.97 Å². The van der Waals surface area contributed by atoms with Gasteiger partial charge in [-0.25, -0.2) is 9.97 Å². The smallest absolute Gasteiger partial charge is 0.306 e. The number of methoxy groups -OCH3 is 1. The molecular formula is C12H14N4O3S2. The van der Waals surface area contributed by atoms with Crippen molar-refractivity contribution in [2.75, 3.05) is 18.2 Å². The normalized spacial score (nSPS) is 10.4. The molecule has 0 bridgehead atoms. The minimum Gasteiger partial charge on any atom is -0.469 e. The van der Waals surface area contributed by atoms with Gasteiger partial charge in [0.25, 0.3) is 0 Å². The van der Waals surface area contributed by atoms with Gasteiger partial charge in [-0.2, -0.15) is 0 Å². The molecule has 2 heterocycles. The number of nitrogen functional groups attached to an aromatic ring is 1. The zero-order valence-corrected chi connectivity index (χ0v) is 13.1. The molecule has 0 aliphatic heterocycles. The highest BCUT2D eigenvalue weighted by molar-refractivity contribution is 7.19. The summed E-state index contributed by atoms with van der Waals surface area (Å²) >= 11 is 2.68. The molecule has 0 atom stereocenters. The molecule has 2 aromatic rings. The molecule has 2 rings (SSSR count). The second-order valence-corrected chi connectivity index (χ2v) is 6.02. The largest absolute Gasteiger partial charge is 0.469 e. The lowest BCUT2D eigenvalue weighted by Gasteiger charge is -2.00. The maximum Gasteiger partial charge on any atom is 0.306 e. The number of carbonyl (C=O) groups is 2. The van der Waals surface area contributed by atoms with Crippen LogP contribution < -0.4 is 11.1 Å². The van der Waals surface area contributed by atoms with Crippen LogP contribution in [-0.2, 0) is 14.3 Å². The van der Waals surface area contributed by atoms with Crippen molar-refractivity contribution in [2.24, 2.45) is 0 Å². The second-order valence-electron chi connectivity index (χ2n) is 4.13. The number of aromatic nitrogens is 2. The maximum absolute atomic E-state index is 11.7. The summed E-state index contributed by atoms with van der Waals surface area (Å²) < 4.78 is 4.48. The molecule has 1 amide bonds. The topological polar surface area (TPSA) is 107 Å². The number of esters is 1. The van der Waals surface area contributed by atoms with Crippen LogP contribution in [0.25, 0.3) is 10.6 Å². The fraction of sp³-hybridized carbons (Fsp3) is 0.333. The summed E-state index contributed by atoms with van der Waals surface area (Å²) in [5, 5.41) is 5.47. The van der Waals surface area contributed by atoms with Crippen LogP contribution in [0, 0.1) is 6.92 Å². The van der Waals surface area contributed by atoms with E-state index in [9.17, 15) is 9.59 Å². The van der Waals surface area contributed by atoms with Crippen LogP contribution >= 0.6 is 22.7 Å². The molecule has 112 valence electrons. The number of carbonyl (C=O) groups excluding carboxylic acids is 2. The Labute approximate surface area is 129 Å². The zero-order valence-electron chi connectivity index (χ0n) is 11.5. The fourth-order valence-electron chi connectivity index (χ4n) is 1.58. The summed E-state index contributed by atoms with van der Waals surface area (Å²) in [6.07, 6.45) is 0.104. The zero-order chi connectivity index (χ0) is 15.4. The molecule has 7 nitrogen and oxygen atoms in total. The number of hydrogen-bond acceptors (Lipinski definition) is 8. The van der Waals surface area contributed by atoms with Gasteiger partial charge in [0.05, 0.1) is 29.8 Å². The number of rotatable bonds is 5. The van der Waals surface area contributed by atoms with Gasteiger partial charge in [-0.05, 0) is 6.92 Å². The summed E-state index contributed by atoms with van der Waals surface area (Å²) in [5.74, 6) is -0.697. The Balaban J connectivity index is 2.02. The molecule has 0 spiro atoms. The van der Waals surface area contributed by atoms with Crippen molar-refractivity contribution in [3.63, 3.8) is 0 Å². The Morgan fingerprint density at radius 3 is 2.76 bits per heavy atom. The predicted molar refractivity (Wildman–Crippen MR) is 82.3 cm³/mol. The molecule has 0 radical (unpaired) electrons. The summed E-state index contributed by atoms with van der Waals surface area (Å²) in [4.78, 5) is 32.0. The fourth-order valence-corrected chi connectivity index (χ4v) is 3.15. The van der Waals surface area contributed by atoms with E-state index in [0.717, 1.165) is 16.3 Å². The highest BCUT2D eigenvalue weighted by Gasteiger charge is 2.14. The Morgan fingerprint density at radius 1 is 1.38 bits per heavy atom. The van der Waals surface area contributed by atoms with Crippen molar-refractivity contribution in [2.45, 2.75) is 19.8 Å². The van der Waals surface area contributed by atoms with Crippen LogP contribution in [0.4, 0.5) is 10.3 Å². The maximum atomic E-state index is 11.7. The Morgan fingerprint density at radius 2 is 2.14 bits per heavy atom. The third-order valence-corrected chi connectivity index (χ3v) is 4.35. The van der Waals surface area contributed by atoms with Gasteiger partial charge in [-0.15, -0.1) is 11.3 Å². The summed E-state index contributed by atoms with van der Waals surface area (Å²) in [7, 11) is 1.29. The lowest BCUT2D eigenvalue weighted by molar-refractivity contribution is -0.141. The van der Waals surface area contributed by atoms with Gasteiger partial charge in [0.2, 0.25) is 5.91 Å². The molecular weight excluding hydrogens is 312 g/mol. The number of nitrogens with one attached hydrogen (secondary N) is 1. The van der Waals surface area contributed by atoms with Crippen LogP contribution in [0.3, 0.4) is 0 Å². The molecule has 0 saturated heterocycles.